The van der Waals surface area contributed by atoms with Crippen LogP contribution < -0.4 is 11.2 Å². The topological polar surface area (TPSA) is 172 Å². The summed E-state index contributed by atoms with van der Waals surface area (Å²) in [5, 5.41) is 15.5. The molecule has 128 valence electrons. The number of carboxylic acid groups (broad SMARTS) is 1. The van der Waals surface area contributed by atoms with E-state index in [0.717, 1.165) is 6.21 Å². The number of oxime groups is 1. The van der Waals surface area contributed by atoms with Gasteiger partial charge in [-0.1, -0.05) is 10.3 Å². The average molecular weight is 338 g/mol. The zero-order chi connectivity index (χ0) is 17.7. The Bertz CT molecular complexity index is 807. The minimum Gasteiger partial charge on any atom is -0.479 e. The van der Waals surface area contributed by atoms with E-state index >= 15 is 0 Å². The van der Waals surface area contributed by atoms with Crippen molar-refractivity contribution in [3.63, 3.8) is 0 Å². The summed E-state index contributed by atoms with van der Waals surface area (Å²) in [5.74, 6) is -1.20. The first-order chi connectivity index (χ1) is 11.4. The van der Waals surface area contributed by atoms with Gasteiger partial charge in [0.05, 0.1) is 12.3 Å². The molecule has 12 heteroatoms. The Balaban J connectivity index is 2.19. The first-order valence-corrected chi connectivity index (χ1v) is 6.81. The summed E-state index contributed by atoms with van der Waals surface area (Å²) >= 11 is 0. The average Bonchev–Trinajstić information content (AvgIpc) is 2.90. The van der Waals surface area contributed by atoms with Crippen molar-refractivity contribution in [1.82, 2.24) is 9.55 Å². The molecule has 1 aliphatic rings. The lowest BCUT2D eigenvalue weighted by Gasteiger charge is -2.14. The van der Waals surface area contributed by atoms with Gasteiger partial charge in [-0.05, 0) is 12.5 Å². The fourth-order valence-electron chi connectivity index (χ4n) is 2.16. The van der Waals surface area contributed by atoms with Crippen LogP contribution in [-0.2, 0) is 14.4 Å². The number of aryl methyl sites for hydroxylation is 1. The highest BCUT2D eigenvalue weighted by Gasteiger charge is 2.35. The van der Waals surface area contributed by atoms with Crippen molar-refractivity contribution < 1.29 is 19.5 Å². The third kappa shape index (κ3) is 4.00. The molecule has 1 aromatic heterocycles. The molecule has 2 heterocycles. The van der Waals surface area contributed by atoms with Crippen LogP contribution in [0.3, 0.4) is 0 Å². The molecule has 0 unspecified atom stereocenters. The molecule has 1 fully saturated rings. The number of aromatic nitrogens is 2. The van der Waals surface area contributed by atoms with Gasteiger partial charge in [0, 0.05) is 23.1 Å². The van der Waals surface area contributed by atoms with Crippen molar-refractivity contribution in [2.45, 2.75) is 31.7 Å². The van der Waals surface area contributed by atoms with E-state index in [1.807, 2.05) is 0 Å². The molecule has 0 aliphatic carbocycles. The van der Waals surface area contributed by atoms with Crippen LogP contribution in [0, 0.1) is 6.92 Å². The molecular formula is C12H14N6O6. The molecule has 12 nitrogen and oxygen atoms in total. The summed E-state index contributed by atoms with van der Waals surface area (Å²) in [6.45, 7) is 0.907. The second kappa shape index (κ2) is 7.44. The van der Waals surface area contributed by atoms with E-state index in [9.17, 15) is 14.4 Å². The zero-order valence-corrected chi connectivity index (χ0v) is 12.5. The number of H-pyrrole nitrogens is 1. The molecule has 1 aromatic rings. The Morgan fingerprint density at radius 1 is 1.67 bits per heavy atom. The summed E-state index contributed by atoms with van der Waals surface area (Å²) in [6.07, 6.45) is 1.09. The van der Waals surface area contributed by atoms with Crippen LogP contribution in [0.2, 0.25) is 0 Å². The van der Waals surface area contributed by atoms with Gasteiger partial charge >= 0.3 is 11.7 Å². The Kier molecular flexibility index (Phi) is 5.35. The second-order valence-corrected chi connectivity index (χ2v) is 4.96. The fourth-order valence-corrected chi connectivity index (χ4v) is 2.16. The number of hydrogen-bond donors (Lipinski definition) is 2. The molecule has 3 atom stereocenters. The van der Waals surface area contributed by atoms with Gasteiger partial charge < -0.3 is 14.7 Å². The van der Waals surface area contributed by atoms with E-state index < -0.39 is 42.2 Å². The van der Waals surface area contributed by atoms with Crippen LogP contribution in [0.15, 0.2) is 26.1 Å². The van der Waals surface area contributed by atoms with Gasteiger partial charge in [-0.25, -0.2) is 9.59 Å². The normalized spacial score (nSPS) is 23.1. The van der Waals surface area contributed by atoms with Crippen LogP contribution in [-0.4, -0.2) is 45.6 Å². The van der Waals surface area contributed by atoms with Crippen LogP contribution in [0.25, 0.3) is 10.4 Å². The highest BCUT2D eigenvalue weighted by molar-refractivity contribution is 5.68. The van der Waals surface area contributed by atoms with Crippen molar-refractivity contribution in [1.29, 1.82) is 0 Å². The molecule has 0 amide bonds. The quantitative estimate of drug-likeness (QED) is 0.241. The Morgan fingerprint density at radius 2 is 2.42 bits per heavy atom. The van der Waals surface area contributed by atoms with Gasteiger partial charge in [0.25, 0.3) is 5.56 Å². The van der Waals surface area contributed by atoms with Gasteiger partial charge in [0.2, 0.25) is 6.61 Å². The third-order valence-corrected chi connectivity index (χ3v) is 3.26. The number of nitrogens with zero attached hydrogens (tertiary/aromatic N) is 5. The van der Waals surface area contributed by atoms with E-state index in [1.165, 1.54) is 17.7 Å². The highest BCUT2D eigenvalue weighted by Crippen LogP contribution is 2.29. The summed E-state index contributed by atoms with van der Waals surface area (Å²) in [6, 6.07) is -0.670. The maximum Gasteiger partial charge on any atom is 0.344 e. The number of rotatable bonds is 6. The number of carboxylic acids is 1. The Morgan fingerprint density at radius 3 is 3.08 bits per heavy atom. The molecule has 0 saturated carbocycles. The number of aromatic amines is 1. The van der Waals surface area contributed by atoms with E-state index in [0.29, 0.717) is 5.56 Å². The van der Waals surface area contributed by atoms with Gasteiger partial charge in [0.15, 0.2) is 0 Å². The standard InChI is InChI=1S/C12H14N6O6/c1-6-4-18(12(22)15-11(6)21)9-2-7(16-17-13)8(24-9)3-14-23-5-10(19)20/h3-4,7-9H,2,5H2,1H3,(H,19,20)(H,15,21,22)/t7-,8+,9+/m0/s1. The smallest absolute Gasteiger partial charge is 0.344 e. The Labute approximate surface area is 133 Å². The van der Waals surface area contributed by atoms with Gasteiger partial charge in [-0.3, -0.25) is 14.3 Å². The van der Waals surface area contributed by atoms with Gasteiger partial charge in [-0.2, -0.15) is 0 Å². The minimum absolute atomic E-state index is 0.172. The maximum absolute atomic E-state index is 11.9. The zero-order valence-electron chi connectivity index (χ0n) is 12.5. The molecule has 0 bridgehead atoms. The van der Waals surface area contributed by atoms with E-state index in [4.69, 9.17) is 15.4 Å². The van der Waals surface area contributed by atoms with E-state index in [2.05, 4.69) is 25.0 Å². The lowest BCUT2D eigenvalue weighted by Crippen LogP contribution is -2.33. The van der Waals surface area contributed by atoms with Crippen LogP contribution in [0.4, 0.5) is 0 Å². The summed E-state index contributed by atoms with van der Waals surface area (Å²) in [5.41, 5.74) is 7.78. The van der Waals surface area contributed by atoms with Crippen molar-refractivity contribution in [2.75, 3.05) is 6.61 Å². The maximum atomic E-state index is 11.9. The predicted molar refractivity (Wildman–Crippen MR) is 79.6 cm³/mol. The monoisotopic (exact) mass is 338 g/mol. The molecule has 0 spiro atoms. The van der Waals surface area contributed by atoms with Crippen molar-refractivity contribution in [2.24, 2.45) is 10.3 Å². The summed E-state index contributed by atoms with van der Waals surface area (Å²) in [7, 11) is 0. The number of aliphatic carboxylic acids is 1. The van der Waals surface area contributed by atoms with Crippen molar-refractivity contribution in [3.05, 3.63) is 43.0 Å². The van der Waals surface area contributed by atoms with E-state index in [1.54, 1.807) is 0 Å². The largest absolute Gasteiger partial charge is 0.479 e. The molecule has 0 radical (unpaired) electrons. The molecule has 0 aromatic carbocycles. The predicted octanol–water partition coefficient (Wildman–Crippen LogP) is -0.102. The second-order valence-electron chi connectivity index (χ2n) is 4.96. The van der Waals surface area contributed by atoms with Crippen LogP contribution in [0.5, 0.6) is 0 Å². The highest BCUT2D eigenvalue weighted by atomic mass is 16.6. The minimum atomic E-state index is -1.20. The molecule has 2 rings (SSSR count). The number of carbonyl (C=O) groups is 1. The van der Waals surface area contributed by atoms with Gasteiger partial charge in [-0.15, -0.1) is 0 Å². The van der Waals surface area contributed by atoms with Crippen LogP contribution >= 0.6 is 0 Å². The SMILES string of the molecule is Cc1cn([C@H]2C[C@H](N=[N+]=[N-])[C@@H](C=NOCC(=O)O)O2)c(=O)[nH]c1=O. The van der Waals surface area contributed by atoms with Crippen LogP contribution in [0.1, 0.15) is 18.2 Å². The first kappa shape index (κ1) is 17.2. The molecule has 1 aliphatic heterocycles. The number of hydrogen-bond acceptors (Lipinski definition) is 7. The molecule has 1 saturated heterocycles. The summed E-state index contributed by atoms with van der Waals surface area (Å²) < 4.78 is 6.78. The molecule has 2 N–H and O–H groups in total. The summed E-state index contributed by atoms with van der Waals surface area (Å²) in [4.78, 5) is 43.0. The molecular weight excluding hydrogens is 324 g/mol. The Hall–Kier alpha value is -3.11. The number of ether oxygens (including phenoxy) is 1. The lowest BCUT2D eigenvalue weighted by atomic mass is 10.1. The first-order valence-electron chi connectivity index (χ1n) is 6.81. The van der Waals surface area contributed by atoms with E-state index in [-0.39, 0.29) is 6.42 Å². The number of azide groups is 1. The third-order valence-electron chi connectivity index (χ3n) is 3.26. The number of nitrogens with one attached hydrogen (secondary N) is 1. The molecule has 24 heavy (non-hydrogen) atoms. The fraction of sp³-hybridized carbons (Fsp3) is 0.500. The van der Waals surface area contributed by atoms with Gasteiger partial charge in [0.1, 0.15) is 12.3 Å². The van der Waals surface area contributed by atoms with Crippen molar-refractivity contribution in [3.8, 4) is 0 Å². The lowest BCUT2D eigenvalue weighted by molar-refractivity contribution is -0.142. The van der Waals surface area contributed by atoms with Crippen molar-refractivity contribution >= 4 is 12.2 Å².